The topological polar surface area (TPSA) is 154 Å². The highest BCUT2D eigenvalue weighted by atomic mass is 79.9. The molecule has 0 bridgehead atoms. The van der Waals surface area contributed by atoms with Gasteiger partial charge in [0.15, 0.2) is 17.6 Å². The number of hydrogen-bond acceptors (Lipinski definition) is 9. The Balaban J connectivity index is 0.00000480. The molecular formula is C33H42BrN5O7. The summed E-state index contributed by atoms with van der Waals surface area (Å²) in [6.07, 6.45) is 1.67. The number of nitrogens with zero attached hydrogens (tertiary/aromatic N) is 3. The maximum absolute atomic E-state index is 13.9. The Morgan fingerprint density at radius 2 is 1.85 bits per heavy atom. The molecule has 3 N–H and O–H groups in total. The van der Waals surface area contributed by atoms with Gasteiger partial charge >= 0.3 is 5.97 Å². The summed E-state index contributed by atoms with van der Waals surface area (Å²) in [5, 5.41) is 24.4. The maximum Gasteiger partial charge on any atom is 0.353 e. The average Bonchev–Trinajstić information content (AvgIpc) is 3.76. The van der Waals surface area contributed by atoms with Crippen LogP contribution < -0.4 is 19.7 Å². The van der Waals surface area contributed by atoms with Gasteiger partial charge in [-0.3, -0.25) is 15.0 Å². The monoisotopic (exact) mass is 699 g/mol. The number of hydrogen-bond donors (Lipinski definition) is 3. The molecule has 5 rings (SSSR count). The van der Waals surface area contributed by atoms with Gasteiger partial charge in [0.1, 0.15) is 23.9 Å². The van der Waals surface area contributed by atoms with Gasteiger partial charge in [0.05, 0.1) is 24.4 Å². The Morgan fingerprint density at radius 3 is 2.46 bits per heavy atom. The number of Topliss-reactive ketones (excluding diaryl/α,β-unsaturated/α-hetero) is 1. The van der Waals surface area contributed by atoms with Crippen LogP contribution in [0.3, 0.4) is 0 Å². The fourth-order valence-electron chi connectivity index (χ4n) is 5.91. The van der Waals surface area contributed by atoms with Gasteiger partial charge in [0.25, 0.3) is 5.91 Å². The number of nitrogens with one attached hydrogen (secondary N) is 2. The first-order valence-corrected chi connectivity index (χ1v) is 15.3. The molecule has 3 heterocycles. The van der Waals surface area contributed by atoms with Crippen molar-refractivity contribution in [1.29, 1.82) is 5.41 Å². The van der Waals surface area contributed by atoms with Crippen LogP contribution in [0.2, 0.25) is 0 Å². The smallest absolute Gasteiger partial charge is 0.353 e. The molecule has 0 aromatic heterocycles. The third kappa shape index (κ3) is 7.14. The highest BCUT2D eigenvalue weighted by molar-refractivity contribution is 8.93. The van der Waals surface area contributed by atoms with Gasteiger partial charge in [0.2, 0.25) is 0 Å². The number of benzene rings is 2. The van der Waals surface area contributed by atoms with Crippen LogP contribution in [-0.4, -0.2) is 85.2 Å². The minimum Gasteiger partial charge on any atom is -0.493 e. The molecule has 248 valence electrons. The second kappa shape index (κ2) is 14.1. The summed E-state index contributed by atoms with van der Waals surface area (Å²) in [5.41, 5.74) is 3.55. The molecule has 46 heavy (non-hydrogen) atoms. The molecule has 0 aliphatic carbocycles. The summed E-state index contributed by atoms with van der Waals surface area (Å²) in [7, 11) is 1.55. The van der Waals surface area contributed by atoms with Crippen LogP contribution in [0, 0.1) is 5.41 Å². The van der Waals surface area contributed by atoms with Crippen molar-refractivity contribution in [1.82, 2.24) is 10.2 Å². The number of carboxylic acids is 1. The van der Waals surface area contributed by atoms with Crippen molar-refractivity contribution >= 4 is 51.9 Å². The van der Waals surface area contributed by atoms with E-state index in [9.17, 15) is 19.5 Å². The number of aliphatic carboxylic acids is 1. The van der Waals surface area contributed by atoms with E-state index in [2.05, 4.69) is 36.1 Å². The maximum atomic E-state index is 13.9. The lowest BCUT2D eigenvalue weighted by atomic mass is 9.84. The van der Waals surface area contributed by atoms with Crippen LogP contribution in [-0.2, 0) is 21.6 Å². The molecule has 1 amide bonds. The first-order valence-electron chi connectivity index (χ1n) is 15.3. The van der Waals surface area contributed by atoms with Crippen LogP contribution >= 0.6 is 17.0 Å². The van der Waals surface area contributed by atoms with Crippen molar-refractivity contribution in [2.24, 2.45) is 5.16 Å². The number of amides is 1. The standard InChI is InChI=1S/C33H41N5O7.BrH/c1-6-43-28-13-20-16-38(30(34)22(20)15-23(28)31(40)35-5)17-27(39)19-11-24(33(2,3)4)29(26(12-19)37-9-7-8-10-37)44-18-21-14-25(32(41)42)36-45-21;/h11-13,15,21,34H,6-10,14,16-18H2,1-5H3,(H,35,40)(H,41,42);1H. The molecule has 12 nitrogen and oxygen atoms in total. The fourth-order valence-corrected chi connectivity index (χ4v) is 5.91. The number of ketones is 1. The molecular weight excluding hydrogens is 658 g/mol. The number of amidine groups is 1. The predicted molar refractivity (Wildman–Crippen MR) is 180 cm³/mol. The molecule has 2 aromatic carbocycles. The second-order valence-electron chi connectivity index (χ2n) is 12.5. The molecule has 1 unspecified atom stereocenters. The molecule has 3 aliphatic rings. The molecule has 0 spiro atoms. The zero-order chi connectivity index (χ0) is 32.5. The molecule has 0 radical (unpaired) electrons. The highest BCUT2D eigenvalue weighted by Gasteiger charge is 2.33. The van der Waals surface area contributed by atoms with E-state index in [1.807, 2.05) is 19.1 Å². The SMILES string of the molecule is Br.CCOc1cc2c(cc1C(=O)NC)C(=N)N(CC(=O)c1cc(N3CCCC3)c(OCC3CC(C(=O)O)=NO3)c(C(C)(C)C)c1)C2. The first kappa shape index (κ1) is 34.7. The molecule has 2 aromatic rings. The first-order chi connectivity index (χ1) is 21.4. The lowest BCUT2D eigenvalue weighted by Gasteiger charge is -2.30. The Morgan fingerprint density at radius 1 is 1.13 bits per heavy atom. The van der Waals surface area contributed by atoms with Crippen LogP contribution in [0.25, 0.3) is 0 Å². The van der Waals surface area contributed by atoms with Gasteiger partial charge in [0, 0.05) is 49.8 Å². The zero-order valence-corrected chi connectivity index (χ0v) is 28.6. The third-order valence-corrected chi connectivity index (χ3v) is 8.28. The van der Waals surface area contributed by atoms with Crippen molar-refractivity contribution in [2.75, 3.05) is 44.8 Å². The number of anilines is 1. The van der Waals surface area contributed by atoms with Gasteiger partial charge in [-0.1, -0.05) is 25.9 Å². The Labute approximate surface area is 279 Å². The van der Waals surface area contributed by atoms with E-state index < -0.39 is 12.1 Å². The number of carbonyl (C=O) groups excluding carboxylic acids is 2. The summed E-state index contributed by atoms with van der Waals surface area (Å²) in [6.45, 7) is 10.5. The van der Waals surface area contributed by atoms with Crippen LogP contribution in [0.4, 0.5) is 5.69 Å². The summed E-state index contributed by atoms with van der Waals surface area (Å²) in [5.74, 6) is -0.262. The number of rotatable bonds is 11. The van der Waals surface area contributed by atoms with Crippen molar-refractivity contribution in [3.63, 3.8) is 0 Å². The van der Waals surface area contributed by atoms with Gasteiger partial charge in [-0.2, -0.15) is 0 Å². The summed E-state index contributed by atoms with van der Waals surface area (Å²) in [6, 6.07) is 7.20. The molecule has 1 fully saturated rings. The number of ether oxygens (including phenoxy) is 2. The van der Waals surface area contributed by atoms with Crippen LogP contribution in [0.15, 0.2) is 29.4 Å². The quantitative estimate of drug-likeness (QED) is 0.287. The molecule has 3 aliphatic heterocycles. The van der Waals surface area contributed by atoms with Crippen molar-refractivity contribution in [2.45, 2.75) is 65.0 Å². The summed E-state index contributed by atoms with van der Waals surface area (Å²) >= 11 is 0. The highest BCUT2D eigenvalue weighted by Crippen LogP contribution is 2.42. The fraction of sp³-hybridized carbons (Fsp3) is 0.485. The van der Waals surface area contributed by atoms with E-state index in [0.29, 0.717) is 41.3 Å². The van der Waals surface area contributed by atoms with E-state index in [0.717, 1.165) is 42.7 Å². The van der Waals surface area contributed by atoms with E-state index in [4.69, 9.17) is 19.7 Å². The molecule has 0 saturated carbocycles. The van der Waals surface area contributed by atoms with Crippen molar-refractivity contribution < 1.29 is 33.8 Å². The number of oxime groups is 1. The Kier molecular flexibility index (Phi) is 10.7. The average molecular weight is 701 g/mol. The normalized spacial score (nSPS) is 17.2. The van der Waals surface area contributed by atoms with E-state index in [1.165, 1.54) is 0 Å². The predicted octanol–water partition coefficient (Wildman–Crippen LogP) is 4.55. The van der Waals surface area contributed by atoms with Gasteiger partial charge in [-0.15, -0.1) is 17.0 Å². The Hall–Kier alpha value is -4.13. The van der Waals surface area contributed by atoms with Gasteiger partial charge < -0.3 is 34.5 Å². The minimum absolute atomic E-state index is 0. The zero-order valence-electron chi connectivity index (χ0n) is 26.9. The lowest BCUT2D eigenvalue weighted by Crippen LogP contribution is -2.31. The van der Waals surface area contributed by atoms with E-state index in [-0.39, 0.29) is 65.2 Å². The molecule has 13 heteroatoms. The Bertz CT molecular complexity index is 1560. The second-order valence-corrected chi connectivity index (χ2v) is 12.5. The molecule has 1 saturated heterocycles. The van der Waals surface area contributed by atoms with Crippen molar-refractivity contribution in [3.05, 3.63) is 52.1 Å². The largest absolute Gasteiger partial charge is 0.493 e. The van der Waals surface area contributed by atoms with Gasteiger partial charge in [-0.05, 0) is 55.0 Å². The number of carboxylic acid groups (broad SMARTS) is 1. The van der Waals surface area contributed by atoms with Crippen LogP contribution in [0.1, 0.15) is 84.4 Å². The number of halogens is 1. The minimum atomic E-state index is -1.11. The van der Waals surface area contributed by atoms with E-state index in [1.54, 1.807) is 24.1 Å². The van der Waals surface area contributed by atoms with Crippen molar-refractivity contribution in [3.8, 4) is 11.5 Å². The summed E-state index contributed by atoms with van der Waals surface area (Å²) in [4.78, 5) is 47.0. The molecule has 1 atom stereocenters. The lowest BCUT2D eigenvalue weighted by molar-refractivity contribution is -0.129. The van der Waals surface area contributed by atoms with E-state index >= 15 is 0 Å². The third-order valence-electron chi connectivity index (χ3n) is 8.28. The summed E-state index contributed by atoms with van der Waals surface area (Å²) < 4.78 is 12.1. The van der Waals surface area contributed by atoms with Gasteiger partial charge in [-0.25, -0.2) is 4.79 Å². The van der Waals surface area contributed by atoms with Crippen LogP contribution in [0.5, 0.6) is 11.5 Å². The number of carbonyl (C=O) groups is 3. The number of fused-ring (bicyclic) bond motifs is 1.